The second kappa shape index (κ2) is 13.9. The smallest absolute Gasteiger partial charge is 0.141 e. The van der Waals surface area contributed by atoms with Gasteiger partial charge in [0.25, 0.3) is 0 Å². The van der Waals surface area contributed by atoms with Gasteiger partial charge in [0.2, 0.25) is 0 Å². The topological polar surface area (TPSA) is 66.6 Å². The second-order valence-corrected chi connectivity index (χ2v) is 10.4. The van der Waals surface area contributed by atoms with E-state index in [2.05, 4.69) is 69.5 Å². The van der Waals surface area contributed by atoms with E-state index in [0.29, 0.717) is 6.61 Å². The van der Waals surface area contributed by atoms with E-state index in [1.165, 1.54) is 0 Å². The summed E-state index contributed by atoms with van der Waals surface area (Å²) in [7, 11) is 7.52. The van der Waals surface area contributed by atoms with Crippen molar-refractivity contribution in [3.05, 3.63) is 91.5 Å². The standard InChI is InChI=1S/C34H39N5O3/c1-37(2)20-6-24-42-31-17-11-28(12-18-31)34-36-32(26-7-13-29(40-3)14-8-26)33(27-9-15-30(41-4)16-10-27)39(34)22-5-21-38-23-19-35-25-38/h7-19,23,25H,5-6,20-22,24H2,1-4H3. The minimum absolute atomic E-state index is 0.684. The Hall–Kier alpha value is -4.56. The van der Waals surface area contributed by atoms with Crippen molar-refractivity contribution >= 4 is 0 Å². The maximum atomic E-state index is 6.01. The number of nitrogens with zero attached hydrogens (tertiary/aromatic N) is 5. The molecule has 0 aliphatic rings. The molecule has 2 heterocycles. The van der Waals surface area contributed by atoms with Crippen LogP contribution in [0.2, 0.25) is 0 Å². The fourth-order valence-corrected chi connectivity index (χ4v) is 4.98. The van der Waals surface area contributed by atoms with E-state index in [1.807, 2.05) is 55.1 Å². The lowest BCUT2D eigenvalue weighted by Gasteiger charge is -2.15. The lowest BCUT2D eigenvalue weighted by Crippen LogP contribution is -2.15. The van der Waals surface area contributed by atoms with Gasteiger partial charge in [-0.1, -0.05) is 0 Å². The number of aromatic nitrogens is 4. The van der Waals surface area contributed by atoms with Gasteiger partial charge in [-0.3, -0.25) is 0 Å². The molecule has 0 aliphatic heterocycles. The number of hydrogen-bond acceptors (Lipinski definition) is 6. The number of hydrogen-bond donors (Lipinski definition) is 0. The lowest BCUT2D eigenvalue weighted by atomic mass is 10.0. The Morgan fingerprint density at radius 1 is 0.714 bits per heavy atom. The molecular formula is C34H39N5O3. The fraction of sp³-hybridized carbons (Fsp3) is 0.294. The first-order chi connectivity index (χ1) is 20.6. The molecule has 0 atom stereocenters. The highest BCUT2D eigenvalue weighted by molar-refractivity contribution is 5.82. The summed E-state index contributed by atoms with van der Waals surface area (Å²) in [4.78, 5) is 11.7. The summed E-state index contributed by atoms with van der Waals surface area (Å²) in [6.07, 6.45) is 7.57. The van der Waals surface area contributed by atoms with Gasteiger partial charge in [-0.2, -0.15) is 0 Å². The van der Waals surface area contributed by atoms with Crippen molar-refractivity contribution in [3.8, 4) is 51.2 Å². The van der Waals surface area contributed by atoms with Crippen molar-refractivity contribution in [3.63, 3.8) is 0 Å². The van der Waals surface area contributed by atoms with Gasteiger partial charge in [-0.25, -0.2) is 9.97 Å². The van der Waals surface area contributed by atoms with Crippen LogP contribution in [-0.2, 0) is 13.1 Å². The Bertz CT molecular complexity index is 1520. The van der Waals surface area contributed by atoms with Gasteiger partial charge >= 0.3 is 0 Å². The lowest BCUT2D eigenvalue weighted by molar-refractivity contribution is 0.281. The van der Waals surface area contributed by atoms with Gasteiger partial charge in [-0.05, 0) is 99.7 Å². The summed E-state index contributed by atoms with van der Waals surface area (Å²) in [5.74, 6) is 3.40. The van der Waals surface area contributed by atoms with Gasteiger partial charge in [0.05, 0.1) is 38.5 Å². The summed E-state index contributed by atoms with van der Waals surface area (Å²) in [5.41, 5.74) is 5.12. The zero-order valence-corrected chi connectivity index (χ0v) is 24.9. The van der Waals surface area contributed by atoms with Crippen molar-refractivity contribution in [1.29, 1.82) is 0 Å². The summed E-state index contributed by atoms with van der Waals surface area (Å²) in [6, 6.07) is 24.6. The van der Waals surface area contributed by atoms with Crippen LogP contribution in [0.1, 0.15) is 12.8 Å². The third-order valence-corrected chi connectivity index (χ3v) is 7.18. The van der Waals surface area contributed by atoms with Crippen LogP contribution in [0.4, 0.5) is 0 Å². The highest BCUT2D eigenvalue weighted by Crippen LogP contribution is 2.38. The molecule has 5 rings (SSSR count). The zero-order chi connectivity index (χ0) is 29.3. The predicted molar refractivity (Wildman–Crippen MR) is 167 cm³/mol. The summed E-state index contributed by atoms with van der Waals surface area (Å²) in [6.45, 7) is 3.32. The van der Waals surface area contributed by atoms with E-state index in [0.717, 1.165) is 83.6 Å². The molecule has 3 aromatic carbocycles. The van der Waals surface area contributed by atoms with Gasteiger partial charge in [0, 0.05) is 48.7 Å². The maximum Gasteiger partial charge on any atom is 0.141 e. The highest BCUT2D eigenvalue weighted by Gasteiger charge is 2.21. The Morgan fingerprint density at radius 3 is 1.93 bits per heavy atom. The van der Waals surface area contributed by atoms with Crippen LogP contribution in [0, 0.1) is 0 Å². The van der Waals surface area contributed by atoms with Crippen LogP contribution in [0.15, 0.2) is 91.5 Å². The van der Waals surface area contributed by atoms with E-state index >= 15 is 0 Å². The van der Waals surface area contributed by atoms with Crippen molar-refractivity contribution in [2.24, 2.45) is 0 Å². The van der Waals surface area contributed by atoms with E-state index < -0.39 is 0 Å². The average molecular weight is 566 g/mol. The third-order valence-electron chi connectivity index (χ3n) is 7.18. The molecule has 0 amide bonds. The molecule has 0 N–H and O–H groups in total. The van der Waals surface area contributed by atoms with Crippen LogP contribution >= 0.6 is 0 Å². The zero-order valence-electron chi connectivity index (χ0n) is 24.9. The third kappa shape index (κ3) is 7.01. The second-order valence-electron chi connectivity index (χ2n) is 10.4. The number of imidazole rings is 2. The van der Waals surface area contributed by atoms with E-state index in [4.69, 9.17) is 19.2 Å². The molecule has 218 valence electrons. The maximum absolute atomic E-state index is 6.01. The minimum atomic E-state index is 0.684. The molecule has 2 aromatic heterocycles. The van der Waals surface area contributed by atoms with Crippen LogP contribution in [0.3, 0.4) is 0 Å². The van der Waals surface area contributed by atoms with Gasteiger partial charge in [0.1, 0.15) is 23.1 Å². The van der Waals surface area contributed by atoms with Crippen LogP contribution in [-0.4, -0.2) is 65.5 Å². The number of methoxy groups -OCH3 is 2. The number of rotatable bonds is 14. The first-order valence-corrected chi connectivity index (χ1v) is 14.3. The molecule has 0 spiro atoms. The summed E-state index contributed by atoms with van der Waals surface area (Å²) in [5, 5.41) is 0. The van der Waals surface area contributed by atoms with Crippen LogP contribution in [0.5, 0.6) is 17.2 Å². The molecule has 8 nitrogen and oxygen atoms in total. The number of ether oxygens (including phenoxy) is 3. The number of benzene rings is 3. The average Bonchev–Trinajstić information content (AvgIpc) is 3.68. The first kappa shape index (κ1) is 29.0. The van der Waals surface area contributed by atoms with Gasteiger partial charge < -0.3 is 28.2 Å². The SMILES string of the molecule is COc1ccc(-c2nc(-c3ccc(OCCCN(C)C)cc3)n(CCCn3ccnc3)c2-c2ccc(OC)cc2)cc1. The van der Waals surface area contributed by atoms with Crippen molar-refractivity contribution in [2.45, 2.75) is 25.9 Å². The molecule has 0 saturated heterocycles. The molecule has 5 aromatic rings. The monoisotopic (exact) mass is 565 g/mol. The molecule has 0 saturated carbocycles. The van der Waals surface area contributed by atoms with Crippen LogP contribution in [0.25, 0.3) is 33.9 Å². The molecular weight excluding hydrogens is 526 g/mol. The predicted octanol–water partition coefficient (Wildman–Crippen LogP) is 6.52. The highest BCUT2D eigenvalue weighted by atomic mass is 16.5. The van der Waals surface area contributed by atoms with Crippen molar-refractivity contribution < 1.29 is 14.2 Å². The van der Waals surface area contributed by atoms with Crippen molar-refractivity contribution in [1.82, 2.24) is 24.0 Å². The fourth-order valence-electron chi connectivity index (χ4n) is 4.98. The molecule has 42 heavy (non-hydrogen) atoms. The number of aryl methyl sites for hydroxylation is 1. The van der Waals surface area contributed by atoms with E-state index in [1.54, 1.807) is 14.2 Å². The summed E-state index contributed by atoms with van der Waals surface area (Å²) < 4.78 is 21.3. The van der Waals surface area contributed by atoms with Gasteiger partial charge in [-0.15, -0.1) is 0 Å². The normalized spacial score (nSPS) is 11.2. The van der Waals surface area contributed by atoms with Gasteiger partial charge in [0.15, 0.2) is 0 Å². The minimum Gasteiger partial charge on any atom is -0.497 e. The Morgan fingerprint density at radius 2 is 1.33 bits per heavy atom. The Kier molecular flexibility index (Phi) is 9.56. The Labute approximate surface area is 248 Å². The molecule has 0 bridgehead atoms. The summed E-state index contributed by atoms with van der Waals surface area (Å²) >= 11 is 0. The van der Waals surface area contributed by atoms with E-state index in [-0.39, 0.29) is 0 Å². The molecule has 0 fully saturated rings. The Balaban J connectivity index is 1.55. The molecule has 0 unspecified atom stereocenters. The van der Waals surface area contributed by atoms with Crippen molar-refractivity contribution in [2.75, 3.05) is 41.5 Å². The van der Waals surface area contributed by atoms with Crippen LogP contribution < -0.4 is 14.2 Å². The largest absolute Gasteiger partial charge is 0.497 e. The van der Waals surface area contributed by atoms with E-state index in [9.17, 15) is 0 Å². The molecule has 8 heteroatoms. The molecule has 0 aliphatic carbocycles. The molecule has 0 radical (unpaired) electrons. The quantitative estimate of drug-likeness (QED) is 0.143. The first-order valence-electron chi connectivity index (χ1n) is 14.3.